The summed E-state index contributed by atoms with van der Waals surface area (Å²) in [5.41, 5.74) is 1.88. The molecule has 0 radical (unpaired) electrons. The molecule has 1 heterocycles. The van der Waals surface area contributed by atoms with Gasteiger partial charge in [0.25, 0.3) is 0 Å². The summed E-state index contributed by atoms with van der Waals surface area (Å²) in [6.45, 7) is 3.24. The third kappa shape index (κ3) is 3.45. The van der Waals surface area contributed by atoms with Crippen molar-refractivity contribution >= 4 is 5.82 Å². The van der Waals surface area contributed by atoms with Crippen molar-refractivity contribution in [2.24, 2.45) is 0 Å². The van der Waals surface area contributed by atoms with E-state index in [1.165, 1.54) is 0 Å². The Morgan fingerprint density at radius 3 is 2.45 bits per heavy atom. The Morgan fingerprint density at radius 2 is 1.85 bits per heavy atom. The van der Waals surface area contributed by atoms with E-state index < -0.39 is 0 Å². The van der Waals surface area contributed by atoms with Gasteiger partial charge in [-0.25, -0.2) is 9.97 Å². The largest absolute Gasteiger partial charge is 0.497 e. The van der Waals surface area contributed by atoms with E-state index in [9.17, 15) is 0 Å². The highest BCUT2D eigenvalue weighted by Gasteiger charge is 2.06. The van der Waals surface area contributed by atoms with E-state index in [1.54, 1.807) is 14.2 Å². The van der Waals surface area contributed by atoms with Gasteiger partial charge in [0.05, 0.1) is 12.8 Å². The quantitative estimate of drug-likeness (QED) is 0.877. The van der Waals surface area contributed by atoms with Crippen LogP contribution < -0.4 is 10.1 Å². The predicted octanol–water partition coefficient (Wildman–Crippen LogP) is 2.73. The number of rotatable bonds is 6. The lowest BCUT2D eigenvalue weighted by molar-refractivity contribution is 0.178. The molecule has 5 heteroatoms. The minimum atomic E-state index is 0.391. The summed E-state index contributed by atoms with van der Waals surface area (Å²) in [6, 6.07) is 9.73. The first-order valence-electron chi connectivity index (χ1n) is 6.52. The van der Waals surface area contributed by atoms with E-state index >= 15 is 0 Å². The minimum absolute atomic E-state index is 0.391. The fraction of sp³-hybridized carbons (Fsp3) is 0.333. The Labute approximate surface area is 119 Å². The molecular formula is C15H19N3O2. The molecular weight excluding hydrogens is 254 g/mol. The molecule has 2 rings (SSSR count). The molecule has 0 saturated heterocycles. The van der Waals surface area contributed by atoms with E-state index in [4.69, 9.17) is 9.47 Å². The maximum atomic E-state index is 5.16. The number of nitrogens with one attached hydrogen (secondary N) is 1. The molecule has 106 valence electrons. The minimum Gasteiger partial charge on any atom is -0.497 e. The van der Waals surface area contributed by atoms with Gasteiger partial charge in [0.2, 0.25) is 0 Å². The third-order valence-corrected chi connectivity index (χ3v) is 2.79. The maximum Gasteiger partial charge on any atom is 0.157 e. The smallest absolute Gasteiger partial charge is 0.157 e. The van der Waals surface area contributed by atoms with Crippen LogP contribution in [0.2, 0.25) is 0 Å². The van der Waals surface area contributed by atoms with Crippen LogP contribution in [-0.2, 0) is 11.3 Å². The molecule has 0 amide bonds. The number of hydrogen-bond donors (Lipinski definition) is 1. The number of aromatic nitrogens is 2. The van der Waals surface area contributed by atoms with E-state index in [-0.39, 0.29) is 0 Å². The summed E-state index contributed by atoms with van der Waals surface area (Å²) < 4.78 is 10.3. The highest BCUT2D eigenvalue weighted by Crippen LogP contribution is 2.22. The molecule has 0 bridgehead atoms. The van der Waals surface area contributed by atoms with Crippen molar-refractivity contribution in [2.75, 3.05) is 26.1 Å². The third-order valence-electron chi connectivity index (χ3n) is 2.79. The first-order chi connectivity index (χ1) is 9.76. The van der Waals surface area contributed by atoms with Gasteiger partial charge in [-0.2, -0.15) is 0 Å². The Kier molecular flexibility index (Phi) is 4.90. The van der Waals surface area contributed by atoms with Crippen molar-refractivity contribution in [3.63, 3.8) is 0 Å². The molecule has 0 fully saturated rings. The highest BCUT2D eigenvalue weighted by atomic mass is 16.5. The van der Waals surface area contributed by atoms with Crippen molar-refractivity contribution in [3.05, 3.63) is 36.2 Å². The van der Waals surface area contributed by atoms with E-state index in [0.717, 1.165) is 29.4 Å². The van der Waals surface area contributed by atoms with Crippen molar-refractivity contribution < 1.29 is 9.47 Å². The zero-order chi connectivity index (χ0) is 14.4. The van der Waals surface area contributed by atoms with Crippen LogP contribution >= 0.6 is 0 Å². The first kappa shape index (κ1) is 14.3. The van der Waals surface area contributed by atoms with Crippen LogP contribution in [0.1, 0.15) is 12.7 Å². The molecule has 1 N–H and O–H groups in total. The number of methoxy groups -OCH3 is 2. The van der Waals surface area contributed by atoms with Gasteiger partial charge < -0.3 is 14.8 Å². The normalized spacial score (nSPS) is 10.3. The van der Waals surface area contributed by atoms with Crippen LogP contribution in [0.5, 0.6) is 5.75 Å². The Morgan fingerprint density at radius 1 is 1.10 bits per heavy atom. The Balaban J connectivity index is 2.37. The zero-order valence-electron chi connectivity index (χ0n) is 12.0. The van der Waals surface area contributed by atoms with Crippen LogP contribution in [0.25, 0.3) is 11.3 Å². The predicted molar refractivity (Wildman–Crippen MR) is 78.9 cm³/mol. The summed E-state index contributed by atoms with van der Waals surface area (Å²) in [4.78, 5) is 8.91. The Hall–Kier alpha value is -2.14. The molecule has 0 unspecified atom stereocenters. The van der Waals surface area contributed by atoms with Gasteiger partial charge in [-0.15, -0.1) is 0 Å². The molecule has 0 aliphatic heterocycles. The zero-order valence-corrected chi connectivity index (χ0v) is 12.0. The van der Waals surface area contributed by atoms with Gasteiger partial charge in [-0.1, -0.05) is 0 Å². The van der Waals surface area contributed by atoms with E-state index in [1.807, 2.05) is 37.3 Å². The van der Waals surface area contributed by atoms with Crippen molar-refractivity contribution in [1.29, 1.82) is 0 Å². The van der Waals surface area contributed by atoms with Crippen LogP contribution in [0.3, 0.4) is 0 Å². The lowest BCUT2D eigenvalue weighted by Crippen LogP contribution is -2.05. The molecule has 0 aliphatic rings. The fourth-order valence-electron chi connectivity index (χ4n) is 1.87. The number of anilines is 1. The van der Waals surface area contributed by atoms with Gasteiger partial charge >= 0.3 is 0 Å². The highest BCUT2D eigenvalue weighted by molar-refractivity contribution is 5.63. The second-order valence-corrected chi connectivity index (χ2v) is 4.25. The van der Waals surface area contributed by atoms with E-state index in [0.29, 0.717) is 12.4 Å². The molecule has 0 saturated carbocycles. The number of ether oxygens (including phenoxy) is 2. The molecule has 5 nitrogen and oxygen atoms in total. The van der Waals surface area contributed by atoms with Gasteiger partial charge in [0.15, 0.2) is 5.82 Å². The lowest BCUT2D eigenvalue weighted by Gasteiger charge is -2.09. The second kappa shape index (κ2) is 6.86. The molecule has 20 heavy (non-hydrogen) atoms. The topological polar surface area (TPSA) is 56.3 Å². The average Bonchev–Trinajstić information content (AvgIpc) is 2.48. The van der Waals surface area contributed by atoms with Gasteiger partial charge in [-0.05, 0) is 31.2 Å². The SMILES string of the molecule is CCNc1cc(-c2ccc(OC)cc2)nc(COC)n1. The molecule has 1 aromatic carbocycles. The number of benzene rings is 1. The molecule has 0 spiro atoms. The van der Waals surface area contributed by atoms with Gasteiger partial charge in [0, 0.05) is 25.3 Å². The average molecular weight is 273 g/mol. The van der Waals surface area contributed by atoms with Crippen molar-refractivity contribution in [1.82, 2.24) is 9.97 Å². The summed E-state index contributed by atoms with van der Waals surface area (Å²) >= 11 is 0. The second-order valence-electron chi connectivity index (χ2n) is 4.25. The van der Waals surface area contributed by atoms with Crippen molar-refractivity contribution in [3.8, 4) is 17.0 Å². The van der Waals surface area contributed by atoms with Gasteiger partial charge in [-0.3, -0.25) is 0 Å². The van der Waals surface area contributed by atoms with Crippen LogP contribution in [0.15, 0.2) is 30.3 Å². The summed E-state index contributed by atoms with van der Waals surface area (Å²) in [5, 5.41) is 3.21. The molecule has 0 atom stereocenters. The molecule has 0 aliphatic carbocycles. The molecule has 1 aromatic heterocycles. The summed E-state index contributed by atoms with van der Waals surface area (Å²) in [5.74, 6) is 2.30. The van der Waals surface area contributed by atoms with Crippen LogP contribution in [0, 0.1) is 0 Å². The fourth-order valence-corrected chi connectivity index (χ4v) is 1.87. The number of hydrogen-bond acceptors (Lipinski definition) is 5. The van der Waals surface area contributed by atoms with Crippen molar-refractivity contribution in [2.45, 2.75) is 13.5 Å². The Bertz CT molecular complexity index is 531. The first-order valence-corrected chi connectivity index (χ1v) is 6.52. The monoisotopic (exact) mass is 273 g/mol. The summed E-state index contributed by atoms with van der Waals surface area (Å²) in [6.07, 6.45) is 0. The van der Waals surface area contributed by atoms with Gasteiger partial charge in [0.1, 0.15) is 18.2 Å². The standard InChI is InChI=1S/C15H19N3O2/c1-4-16-14-9-13(17-15(18-14)10-19-2)11-5-7-12(20-3)8-6-11/h5-9H,4,10H2,1-3H3,(H,16,17,18). The van der Waals surface area contributed by atoms with Crippen LogP contribution in [0.4, 0.5) is 5.82 Å². The van der Waals surface area contributed by atoms with Crippen LogP contribution in [-0.4, -0.2) is 30.7 Å². The lowest BCUT2D eigenvalue weighted by atomic mass is 10.1. The summed E-state index contributed by atoms with van der Waals surface area (Å²) in [7, 11) is 3.29. The van der Waals surface area contributed by atoms with E-state index in [2.05, 4.69) is 15.3 Å². The molecule has 2 aromatic rings. The maximum absolute atomic E-state index is 5.16. The number of nitrogens with zero attached hydrogens (tertiary/aromatic N) is 2.